The Morgan fingerprint density at radius 1 is 1.06 bits per heavy atom. The maximum atomic E-state index is 13.1. The number of likely N-dealkylation sites (N-methyl/N-ethyl adjacent to an activating group) is 1. The lowest BCUT2D eigenvalue weighted by Gasteiger charge is -2.36. The van der Waals surface area contributed by atoms with Gasteiger partial charge in [-0.25, -0.2) is 0 Å². The summed E-state index contributed by atoms with van der Waals surface area (Å²) in [5, 5.41) is 0. The van der Waals surface area contributed by atoms with Crippen LogP contribution in [-0.4, -0.2) is 61.8 Å². The molecule has 110 valence electrons. The lowest BCUT2D eigenvalue weighted by atomic mass is 10.0. The highest BCUT2D eigenvalue weighted by atomic mass is 19.4. The summed E-state index contributed by atoms with van der Waals surface area (Å²) >= 11 is 0. The first kappa shape index (κ1) is 17.7. The minimum absolute atomic E-state index is 0.326. The van der Waals surface area contributed by atoms with Gasteiger partial charge in [0.05, 0.1) is 0 Å². The summed E-state index contributed by atoms with van der Waals surface area (Å²) < 4.78 is 39.4. The van der Waals surface area contributed by atoms with Gasteiger partial charge in [0.1, 0.15) is 6.04 Å². The van der Waals surface area contributed by atoms with Crippen LogP contribution in [0.2, 0.25) is 0 Å². The summed E-state index contributed by atoms with van der Waals surface area (Å²) in [5.41, 5.74) is 5.67. The van der Waals surface area contributed by atoms with Gasteiger partial charge < -0.3 is 10.6 Å². The third-order valence-electron chi connectivity index (χ3n) is 2.95. The summed E-state index contributed by atoms with van der Waals surface area (Å²) in [6, 6.07) is -2.40. The van der Waals surface area contributed by atoms with Gasteiger partial charge in [0, 0.05) is 19.1 Å². The molecule has 6 heteroatoms. The lowest BCUT2D eigenvalue weighted by Crippen LogP contribution is -2.57. The van der Waals surface area contributed by atoms with Crippen molar-refractivity contribution in [2.75, 3.05) is 33.7 Å². The highest BCUT2D eigenvalue weighted by Crippen LogP contribution is 2.27. The average Bonchev–Trinajstić information content (AvgIpc) is 2.23. The number of hydrogen-bond donors (Lipinski definition) is 1. The minimum Gasteiger partial charge on any atom is -0.326 e. The number of halogens is 3. The van der Waals surface area contributed by atoms with Gasteiger partial charge in [-0.15, -0.1) is 0 Å². The number of alkyl halides is 3. The molecular formula is C12H26F3N3. The fraction of sp³-hybridized carbons (Fsp3) is 1.00. The van der Waals surface area contributed by atoms with E-state index in [1.165, 1.54) is 4.90 Å². The second-order valence-electron chi connectivity index (χ2n) is 4.90. The molecule has 0 aliphatic carbocycles. The standard InChI is InChI=1S/C12H26F3N3/c1-5-7-18(9-8-17(3)4)11(10(16)6-2)12(13,14)15/h10-11H,5-9,16H2,1-4H3. The first-order valence-electron chi connectivity index (χ1n) is 6.45. The molecule has 0 aliphatic heterocycles. The summed E-state index contributed by atoms with van der Waals surface area (Å²) in [4.78, 5) is 3.35. The highest BCUT2D eigenvalue weighted by molar-refractivity contribution is 4.87. The monoisotopic (exact) mass is 269 g/mol. The van der Waals surface area contributed by atoms with Crippen molar-refractivity contribution in [2.24, 2.45) is 5.73 Å². The van der Waals surface area contributed by atoms with Crippen LogP contribution in [0.1, 0.15) is 26.7 Å². The van der Waals surface area contributed by atoms with E-state index in [-0.39, 0.29) is 0 Å². The second kappa shape index (κ2) is 7.96. The second-order valence-corrected chi connectivity index (χ2v) is 4.90. The molecule has 0 spiro atoms. The molecule has 2 atom stereocenters. The highest BCUT2D eigenvalue weighted by Gasteiger charge is 2.46. The van der Waals surface area contributed by atoms with E-state index in [0.29, 0.717) is 32.5 Å². The van der Waals surface area contributed by atoms with E-state index in [0.717, 1.165) is 0 Å². The molecule has 0 bridgehead atoms. The molecule has 0 aromatic rings. The van der Waals surface area contributed by atoms with Crippen LogP contribution < -0.4 is 5.73 Å². The lowest BCUT2D eigenvalue weighted by molar-refractivity contribution is -0.190. The summed E-state index contributed by atoms with van der Waals surface area (Å²) in [7, 11) is 3.71. The van der Waals surface area contributed by atoms with E-state index in [2.05, 4.69) is 0 Å². The Kier molecular flexibility index (Phi) is 7.82. The van der Waals surface area contributed by atoms with Crippen molar-refractivity contribution < 1.29 is 13.2 Å². The molecule has 0 saturated carbocycles. The Labute approximate surface area is 108 Å². The van der Waals surface area contributed by atoms with E-state index >= 15 is 0 Å². The van der Waals surface area contributed by atoms with Crippen molar-refractivity contribution in [2.45, 2.75) is 44.9 Å². The van der Waals surface area contributed by atoms with Crippen molar-refractivity contribution in [3.8, 4) is 0 Å². The molecule has 2 N–H and O–H groups in total. The zero-order chi connectivity index (χ0) is 14.3. The van der Waals surface area contributed by atoms with Gasteiger partial charge in [0.25, 0.3) is 0 Å². The van der Waals surface area contributed by atoms with Crippen molar-refractivity contribution >= 4 is 0 Å². The molecular weight excluding hydrogens is 243 g/mol. The predicted octanol–water partition coefficient (Wildman–Crippen LogP) is 1.93. The third kappa shape index (κ3) is 6.02. The Balaban J connectivity index is 4.85. The van der Waals surface area contributed by atoms with E-state index in [9.17, 15) is 13.2 Å². The number of hydrogen-bond acceptors (Lipinski definition) is 3. The Morgan fingerprint density at radius 3 is 1.94 bits per heavy atom. The van der Waals surface area contributed by atoms with Crippen molar-refractivity contribution in [3.63, 3.8) is 0 Å². The van der Waals surface area contributed by atoms with Gasteiger partial charge in [-0.1, -0.05) is 13.8 Å². The van der Waals surface area contributed by atoms with Crippen molar-refractivity contribution in [1.29, 1.82) is 0 Å². The van der Waals surface area contributed by atoms with Crippen LogP contribution in [0.25, 0.3) is 0 Å². The van der Waals surface area contributed by atoms with Crippen molar-refractivity contribution in [3.05, 3.63) is 0 Å². The SMILES string of the molecule is CCCN(CCN(C)C)C(C(N)CC)C(F)(F)F. The van der Waals surface area contributed by atoms with Crippen LogP contribution in [0, 0.1) is 0 Å². The maximum absolute atomic E-state index is 13.1. The molecule has 0 aromatic carbocycles. The summed E-state index contributed by atoms with van der Waals surface area (Å²) in [6.07, 6.45) is -3.25. The molecule has 0 rings (SSSR count). The van der Waals surface area contributed by atoms with Gasteiger partial charge in [-0.3, -0.25) is 4.90 Å². The van der Waals surface area contributed by atoms with Gasteiger partial charge in [0.15, 0.2) is 0 Å². The first-order valence-corrected chi connectivity index (χ1v) is 6.45. The van der Waals surface area contributed by atoms with E-state index in [1.807, 2.05) is 25.9 Å². The molecule has 0 saturated heterocycles. The molecule has 3 nitrogen and oxygen atoms in total. The molecule has 0 aromatic heterocycles. The molecule has 0 aliphatic rings. The normalized spacial score (nSPS) is 16.3. The van der Waals surface area contributed by atoms with E-state index < -0.39 is 18.3 Å². The van der Waals surface area contributed by atoms with Crippen LogP contribution in [0.4, 0.5) is 13.2 Å². The maximum Gasteiger partial charge on any atom is 0.405 e. The van der Waals surface area contributed by atoms with Crippen LogP contribution in [-0.2, 0) is 0 Å². The van der Waals surface area contributed by atoms with E-state index in [1.54, 1.807) is 6.92 Å². The van der Waals surface area contributed by atoms with Crippen LogP contribution in [0.15, 0.2) is 0 Å². The van der Waals surface area contributed by atoms with E-state index in [4.69, 9.17) is 5.73 Å². The van der Waals surface area contributed by atoms with Gasteiger partial charge in [0.2, 0.25) is 0 Å². The molecule has 0 fully saturated rings. The summed E-state index contributed by atoms with van der Waals surface area (Å²) in [5.74, 6) is 0. The average molecular weight is 269 g/mol. The molecule has 18 heavy (non-hydrogen) atoms. The Bertz CT molecular complexity index is 219. The predicted molar refractivity (Wildman–Crippen MR) is 68.5 cm³/mol. The molecule has 0 amide bonds. The molecule has 0 radical (unpaired) electrons. The quantitative estimate of drug-likeness (QED) is 0.731. The smallest absolute Gasteiger partial charge is 0.326 e. The fourth-order valence-electron chi connectivity index (χ4n) is 1.95. The zero-order valence-electron chi connectivity index (χ0n) is 11.8. The van der Waals surface area contributed by atoms with Crippen LogP contribution in [0.3, 0.4) is 0 Å². The number of nitrogens with two attached hydrogens (primary N) is 1. The molecule has 2 unspecified atom stereocenters. The minimum atomic E-state index is -4.27. The Morgan fingerprint density at radius 2 is 1.61 bits per heavy atom. The summed E-state index contributed by atoms with van der Waals surface area (Å²) in [6.45, 7) is 4.99. The Hall–Kier alpha value is -0.330. The van der Waals surface area contributed by atoms with Gasteiger partial charge in [-0.2, -0.15) is 13.2 Å². The number of nitrogens with zero attached hydrogens (tertiary/aromatic N) is 2. The first-order chi connectivity index (χ1) is 8.23. The van der Waals surface area contributed by atoms with Crippen LogP contribution >= 0.6 is 0 Å². The van der Waals surface area contributed by atoms with Gasteiger partial charge >= 0.3 is 6.18 Å². The molecule has 0 heterocycles. The topological polar surface area (TPSA) is 32.5 Å². The largest absolute Gasteiger partial charge is 0.405 e. The fourth-order valence-corrected chi connectivity index (χ4v) is 1.95. The van der Waals surface area contributed by atoms with Crippen LogP contribution in [0.5, 0.6) is 0 Å². The van der Waals surface area contributed by atoms with Crippen molar-refractivity contribution in [1.82, 2.24) is 9.80 Å². The zero-order valence-corrected chi connectivity index (χ0v) is 11.8. The number of rotatable bonds is 8. The van der Waals surface area contributed by atoms with Gasteiger partial charge in [-0.05, 0) is 33.5 Å². The third-order valence-corrected chi connectivity index (χ3v) is 2.95.